The fraction of sp³-hybridized carbons (Fsp3) is 0.292. The van der Waals surface area contributed by atoms with Gasteiger partial charge in [-0.3, -0.25) is 14.5 Å². The van der Waals surface area contributed by atoms with Crippen LogP contribution in [0, 0.1) is 5.82 Å². The van der Waals surface area contributed by atoms with Gasteiger partial charge in [0.1, 0.15) is 11.6 Å². The number of nitrogens with one attached hydrogen (secondary N) is 2. The zero-order valence-corrected chi connectivity index (χ0v) is 18.3. The van der Waals surface area contributed by atoms with Crippen molar-refractivity contribution in [3.63, 3.8) is 0 Å². The Morgan fingerprint density at radius 2 is 1.85 bits per heavy atom. The molecule has 0 aliphatic carbocycles. The number of carbonyl (C=O) groups is 1. The molecule has 2 aromatic carbocycles. The third-order valence-electron chi connectivity index (χ3n) is 5.68. The Kier molecular flexibility index (Phi) is 6.81. The summed E-state index contributed by atoms with van der Waals surface area (Å²) >= 11 is 0. The summed E-state index contributed by atoms with van der Waals surface area (Å²) in [6.45, 7) is 4.87. The second-order valence-corrected chi connectivity index (χ2v) is 8.20. The van der Waals surface area contributed by atoms with E-state index in [1.807, 2.05) is 18.2 Å². The molecule has 3 aromatic rings. The number of aromatic nitrogens is 2. The Morgan fingerprint density at radius 3 is 2.58 bits per heavy atom. The van der Waals surface area contributed by atoms with Crippen LogP contribution in [0.25, 0.3) is 11.4 Å². The number of amides is 1. The molecule has 8 nitrogen and oxygen atoms in total. The van der Waals surface area contributed by atoms with Crippen LogP contribution in [0.15, 0.2) is 53.3 Å². The summed E-state index contributed by atoms with van der Waals surface area (Å²) in [5.41, 5.74) is 1.23. The molecule has 9 heteroatoms. The molecular formula is C24H26FN5O3. The smallest absolute Gasteiger partial charge is 0.294 e. The Balaban J connectivity index is 1.52. The molecule has 4 rings (SSSR count). The quantitative estimate of drug-likeness (QED) is 0.530. The average Bonchev–Trinajstić information content (AvgIpc) is 2.82. The van der Waals surface area contributed by atoms with Crippen molar-refractivity contribution in [1.29, 1.82) is 0 Å². The SMILES string of the molecule is CN1CCN(Cc2cccc(-c3nc(C(=O)NCc4ccc(F)cc4)c(O)c(=O)[nH]3)c2)CC1. The molecule has 1 amide bonds. The van der Waals surface area contributed by atoms with Crippen molar-refractivity contribution < 1.29 is 14.3 Å². The van der Waals surface area contributed by atoms with Gasteiger partial charge in [-0.1, -0.05) is 30.3 Å². The summed E-state index contributed by atoms with van der Waals surface area (Å²) < 4.78 is 13.1. The first kappa shape index (κ1) is 22.6. The lowest BCUT2D eigenvalue weighted by molar-refractivity contribution is 0.0942. The van der Waals surface area contributed by atoms with Crippen LogP contribution in [0.5, 0.6) is 5.75 Å². The van der Waals surface area contributed by atoms with Crippen molar-refractivity contribution in [2.24, 2.45) is 0 Å². The number of halogens is 1. The standard InChI is InChI=1S/C24H26FN5O3/c1-29-9-11-30(12-10-29)15-17-3-2-4-18(13-17)22-27-20(21(31)24(33)28-22)23(32)26-14-16-5-7-19(25)8-6-16/h2-8,13,31H,9-12,14-15H2,1H3,(H,26,32)(H,27,28,33). The van der Waals surface area contributed by atoms with Gasteiger partial charge in [-0.15, -0.1) is 0 Å². The number of nitrogens with zero attached hydrogens (tertiary/aromatic N) is 3. The molecule has 0 radical (unpaired) electrons. The summed E-state index contributed by atoms with van der Waals surface area (Å²) in [5.74, 6) is -1.62. The van der Waals surface area contributed by atoms with Crippen LogP contribution in [0.2, 0.25) is 0 Å². The normalized spacial score (nSPS) is 14.8. The molecule has 2 heterocycles. The lowest BCUT2D eigenvalue weighted by atomic mass is 10.1. The lowest BCUT2D eigenvalue weighted by Gasteiger charge is -2.32. The maximum Gasteiger partial charge on any atom is 0.294 e. The molecule has 0 bridgehead atoms. The summed E-state index contributed by atoms with van der Waals surface area (Å²) in [6, 6.07) is 13.3. The zero-order chi connectivity index (χ0) is 23.4. The van der Waals surface area contributed by atoms with Gasteiger partial charge >= 0.3 is 0 Å². The zero-order valence-electron chi connectivity index (χ0n) is 18.3. The third-order valence-corrected chi connectivity index (χ3v) is 5.68. The summed E-state index contributed by atoms with van der Waals surface area (Å²) in [5, 5.41) is 12.7. The lowest BCUT2D eigenvalue weighted by Crippen LogP contribution is -2.43. The van der Waals surface area contributed by atoms with Gasteiger partial charge in [-0.2, -0.15) is 0 Å². The molecule has 33 heavy (non-hydrogen) atoms. The van der Waals surface area contributed by atoms with Crippen LogP contribution < -0.4 is 10.9 Å². The molecule has 1 aliphatic heterocycles. The molecule has 0 spiro atoms. The number of aromatic amines is 1. The van der Waals surface area contributed by atoms with E-state index < -0.39 is 17.2 Å². The number of piperazine rings is 1. The largest absolute Gasteiger partial charge is 0.501 e. The van der Waals surface area contributed by atoms with Gasteiger partial charge in [0.2, 0.25) is 5.75 Å². The predicted octanol–water partition coefficient (Wildman–Crippen LogP) is 1.96. The van der Waals surface area contributed by atoms with Crippen LogP contribution in [0.3, 0.4) is 0 Å². The van der Waals surface area contributed by atoms with Crippen molar-refractivity contribution in [1.82, 2.24) is 25.1 Å². The van der Waals surface area contributed by atoms with Crippen LogP contribution in [-0.2, 0) is 13.1 Å². The maximum atomic E-state index is 13.1. The fourth-order valence-electron chi connectivity index (χ4n) is 3.71. The van der Waals surface area contributed by atoms with Crippen molar-refractivity contribution in [3.8, 4) is 17.1 Å². The minimum atomic E-state index is -0.795. The molecule has 172 valence electrons. The van der Waals surface area contributed by atoms with E-state index in [-0.39, 0.29) is 23.9 Å². The van der Waals surface area contributed by atoms with E-state index in [0.29, 0.717) is 11.1 Å². The first-order valence-corrected chi connectivity index (χ1v) is 10.7. The second-order valence-electron chi connectivity index (χ2n) is 8.20. The summed E-state index contributed by atoms with van der Waals surface area (Å²) in [4.78, 5) is 36.4. The van der Waals surface area contributed by atoms with E-state index in [0.717, 1.165) is 38.3 Å². The van der Waals surface area contributed by atoms with Crippen molar-refractivity contribution >= 4 is 5.91 Å². The molecule has 3 N–H and O–H groups in total. The number of carbonyl (C=O) groups excluding carboxylic acids is 1. The third kappa shape index (κ3) is 5.63. The first-order valence-electron chi connectivity index (χ1n) is 10.7. The second kappa shape index (κ2) is 9.93. The monoisotopic (exact) mass is 451 g/mol. The molecule has 0 saturated carbocycles. The molecule has 0 atom stereocenters. The van der Waals surface area contributed by atoms with Gasteiger partial charge < -0.3 is 20.3 Å². The highest BCUT2D eigenvalue weighted by Gasteiger charge is 2.19. The van der Waals surface area contributed by atoms with Crippen molar-refractivity contribution in [2.75, 3.05) is 33.2 Å². The number of aromatic hydroxyl groups is 1. The minimum absolute atomic E-state index is 0.100. The van der Waals surface area contributed by atoms with Crippen molar-refractivity contribution in [2.45, 2.75) is 13.1 Å². The van der Waals surface area contributed by atoms with E-state index in [1.165, 1.54) is 24.3 Å². The van der Waals surface area contributed by atoms with Gasteiger partial charge in [0.05, 0.1) is 0 Å². The predicted molar refractivity (Wildman–Crippen MR) is 122 cm³/mol. The van der Waals surface area contributed by atoms with Gasteiger partial charge in [0, 0.05) is 44.8 Å². The number of hydrogen-bond donors (Lipinski definition) is 3. The van der Waals surface area contributed by atoms with Gasteiger partial charge in [-0.05, 0) is 36.4 Å². The van der Waals surface area contributed by atoms with E-state index in [1.54, 1.807) is 6.07 Å². The summed E-state index contributed by atoms with van der Waals surface area (Å²) in [6.07, 6.45) is 0. The van der Waals surface area contributed by atoms with E-state index >= 15 is 0 Å². The highest BCUT2D eigenvalue weighted by molar-refractivity contribution is 5.95. The summed E-state index contributed by atoms with van der Waals surface area (Å²) in [7, 11) is 2.11. The number of benzene rings is 2. The maximum absolute atomic E-state index is 13.1. The highest BCUT2D eigenvalue weighted by Crippen LogP contribution is 2.20. The molecule has 1 aliphatic rings. The molecule has 0 unspecified atom stereocenters. The van der Waals surface area contributed by atoms with Crippen molar-refractivity contribution in [3.05, 3.63) is 81.5 Å². The average molecular weight is 452 g/mol. The molecule has 1 saturated heterocycles. The highest BCUT2D eigenvalue weighted by atomic mass is 19.1. The Labute approximate surface area is 190 Å². The van der Waals surface area contributed by atoms with Gasteiger partial charge in [0.25, 0.3) is 11.5 Å². The Morgan fingerprint density at radius 1 is 1.12 bits per heavy atom. The minimum Gasteiger partial charge on any atom is -0.501 e. The van der Waals surface area contributed by atoms with Crippen LogP contribution in [0.4, 0.5) is 4.39 Å². The van der Waals surface area contributed by atoms with Crippen LogP contribution in [0.1, 0.15) is 21.6 Å². The Hall–Kier alpha value is -3.56. The Bertz CT molecular complexity index is 1190. The topological polar surface area (TPSA) is 102 Å². The number of H-pyrrole nitrogens is 1. The van der Waals surface area contributed by atoms with Crippen LogP contribution >= 0.6 is 0 Å². The molecule has 1 aromatic heterocycles. The number of likely N-dealkylation sites (N-methyl/N-ethyl adjacent to an activating group) is 1. The van der Waals surface area contributed by atoms with E-state index in [9.17, 15) is 19.1 Å². The van der Waals surface area contributed by atoms with E-state index in [2.05, 4.69) is 32.1 Å². The van der Waals surface area contributed by atoms with E-state index in [4.69, 9.17) is 0 Å². The first-order chi connectivity index (χ1) is 15.9. The number of rotatable bonds is 6. The molecular weight excluding hydrogens is 425 g/mol. The van der Waals surface area contributed by atoms with Gasteiger partial charge in [-0.25, -0.2) is 9.37 Å². The van der Waals surface area contributed by atoms with Crippen LogP contribution in [-0.4, -0.2) is 64.0 Å². The number of hydrogen-bond acceptors (Lipinski definition) is 6. The fourth-order valence-corrected chi connectivity index (χ4v) is 3.71. The molecule has 1 fully saturated rings. The van der Waals surface area contributed by atoms with Gasteiger partial charge in [0.15, 0.2) is 5.69 Å².